The van der Waals surface area contributed by atoms with Crippen molar-refractivity contribution in [3.8, 4) is 34.2 Å². The molecular formula is C51H30N4OS2. The van der Waals surface area contributed by atoms with E-state index < -0.39 is 72.5 Å². The topological polar surface area (TPSA) is 55.1 Å². The summed E-state index contributed by atoms with van der Waals surface area (Å²) < 4.78 is 133. The first-order valence-electron chi connectivity index (χ1n) is 25.0. The molecule has 0 bridgehead atoms. The highest BCUT2D eigenvalue weighted by atomic mass is 32.1. The summed E-state index contributed by atoms with van der Waals surface area (Å²) in [5.74, 6) is 1.24. The number of rotatable bonds is 6. The van der Waals surface area contributed by atoms with Crippen molar-refractivity contribution in [1.82, 2.24) is 15.0 Å². The molecular weight excluding hydrogens is 749 g/mol. The molecule has 0 aliphatic heterocycles. The van der Waals surface area contributed by atoms with Gasteiger partial charge in [0.05, 0.1) is 19.2 Å². The van der Waals surface area contributed by atoms with Gasteiger partial charge >= 0.3 is 0 Å². The Morgan fingerprint density at radius 3 is 1.79 bits per heavy atom. The van der Waals surface area contributed by atoms with Crippen LogP contribution in [0, 0.1) is 0 Å². The van der Waals surface area contributed by atoms with Crippen LogP contribution in [0.3, 0.4) is 0 Å². The molecule has 0 atom stereocenters. The van der Waals surface area contributed by atoms with Crippen molar-refractivity contribution in [2.24, 2.45) is 0 Å². The molecule has 0 amide bonds. The van der Waals surface area contributed by atoms with Crippen LogP contribution in [0.4, 0.5) is 17.1 Å². The van der Waals surface area contributed by atoms with Crippen molar-refractivity contribution in [2.45, 2.75) is 0 Å². The maximum absolute atomic E-state index is 9.89. The van der Waals surface area contributed by atoms with Gasteiger partial charge in [-0.15, -0.1) is 22.7 Å². The second-order valence-corrected chi connectivity index (χ2v) is 15.3. The lowest BCUT2D eigenvalue weighted by Gasteiger charge is -2.25. The maximum Gasteiger partial charge on any atom is 0.164 e. The average molecular weight is 793 g/mol. The van der Waals surface area contributed by atoms with Crippen molar-refractivity contribution in [2.75, 3.05) is 4.90 Å². The predicted octanol–water partition coefficient (Wildman–Crippen LogP) is 15.0. The molecule has 0 radical (unpaired) electrons. The van der Waals surface area contributed by atoms with E-state index in [1.54, 1.807) is 30.3 Å². The van der Waals surface area contributed by atoms with Gasteiger partial charge in [-0.1, -0.05) is 115 Å². The largest absolute Gasteiger partial charge is 0.456 e. The molecule has 0 unspecified atom stereocenters. The molecule has 272 valence electrons. The smallest absolute Gasteiger partial charge is 0.164 e. The van der Waals surface area contributed by atoms with Gasteiger partial charge in [-0.25, -0.2) is 15.0 Å². The Hall–Kier alpha value is -7.19. The number of aromatic nitrogens is 3. The third kappa shape index (κ3) is 5.39. The Morgan fingerprint density at radius 1 is 0.448 bits per heavy atom. The van der Waals surface area contributed by atoms with Gasteiger partial charge < -0.3 is 9.32 Å². The number of hydrogen-bond acceptors (Lipinski definition) is 7. The zero-order valence-electron chi connectivity index (χ0n) is 43.8. The third-order valence-electron chi connectivity index (χ3n) is 9.87. The van der Waals surface area contributed by atoms with Crippen LogP contribution < -0.4 is 4.90 Å². The van der Waals surface area contributed by atoms with E-state index in [4.69, 9.17) is 30.3 Å². The van der Waals surface area contributed by atoms with Crippen LogP contribution >= 0.6 is 22.7 Å². The Labute approximate surface area is 360 Å². The summed E-state index contributed by atoms with van der Waals surface area (Å²) in [6.45, 7) is 0. The molecule has 0 saturated carbocycles. The average Bonchev–Trinajstić information content (AvgIpc) is 4.12. The Morgan fingerprint density at radius 2 is 1.05 bits per heavy atom. The monoisotopic (exact) mass is 792 g/mol. The van der Waals surface area contributed by atoms with Crippen molar-refractivity contribution >= 4 is 102 Å². The molecule has 12 aromatic rings. The first-order valence-corrected chi connectivity index (χ1v) is 19.7. The second kappa shape index (κ2) is 13.2. The van der Waals surface area contributed by atoms with Gasteiger partial charge in [0.1, 0.15) is 11.2 Å². The lowest BCUT2D eigenvalue weighted by Crippen LogP contribution is -2.09. The fourth-order valence-corrected chi connectivity index (χ4v) is 9.13. The fraction of sp³-hybridized carbons (Fsp3) is 0. The molecule has 4 aromatic heterocycles. The zero-order chi connectivity index (χ0) is 50.3. The number of thiophene rings is 2. The number of hydrogen-bond donors (Lipinski definition) is 0. The van der Waals surface area contributed by atoms with Crippen LogP contribution in [0.5, 0.6) is 0 Å². The summed E-state index contributed by atoms with van der Waals surface area (Å²) in [6, 6.07) is 22.8. The SMILES string of the molecule is [2H]c1c([2H])c([2H])c2c(sc3c([2H])c(N(c4ccc5c(c4)oc4cccc(-c6nc(-c7ccccc7)nc(-c7ccccc7)n6)c45)c4c([2H])c([2H])c5sc6c([2H])c([2H])c([2H])c([2H])c6c5c4[2H])c([2H])c([2H])c32)c1[2H]. The van der Waals surface area contributed by atoms with Crippen LogP contribution in [-0.4, -0.2) is 15.0 Å². The number of nitrogens with zero attached hydrogens (tertiary/aromatic N) is 4. The molecule has 0 saturated heterocycles. The van der Waals surface area contributed by atoms with Gasteiger partial charge in [-0.3, -0.25) is 0 Å². The van der Waals surface area contributed by atoms with E-state index in [0.717, 1.165) is 33.8 Å². The van der Waals surface area contributed by atoms with Gasteiger partial charge in [0.15, 0.2) is 17.5 Å². The van der Waals surface area contributed by atoms with Crippen LogP contribution in [0.1, 0.15) is 19.2 Å². The Kier molecular flexibility index (Phi) is 4.99. The molecule has 58 heavy (non-hydrogen) atoms. The number of furan rings is 1. The first-order chi connectivity index (χ1) is 34.6. The highest BCUT2D eigenvalue weighted by molar-refractivity contribution is 7.26. The van der Waals surface area contributed by atoms with Crippen LogP contribution in [-0.2, 0) is 0 Å². The molecule has 12 rings (SSSR count). The summed E-state index contributed by atoms with van der Waals surface area (Å²) >= 11 is 1.71. The van der Waals surface area contributed by atoms with Crippen LogP contribution in [0.2, 0.25) is 0 Å². The number of anilines is 3. The molecule has 0 N–H and O–H groups in total. The lowest BCUT2D eigenvalue weighted by atomic mass is 10.0. The van der Waals surface area contributed by atoms with E-state index in [1.807, 2.05) is 66.7 Å². The standard InChI is InChI=1S/C51H30N4OS2/c1-3-12-31(13-4-1)49-52-50(32-14-5-2-6-15-32)54-51(53-49)40-18-11-19-42-48(40)39-26-23-34(29-43(39)56-42)55(33-24-27-46-41(28-33)37-17-8-10-21-45(37)57-46)35-22-25-38-36-16-7-9-20-44(36)58-47(38)30-35/h1-30H/i7D,8D,9D,10D,16D,17D,20D,21D,22D,24D,25D,27D,28D,30D. The lowest BCUT2D eigenvalue weighted by molar-refractivity contribution is 0.669. The Bertz CT molecular complexity index is 4300. The van der Waals surface area contributed by atoms with E-state index in [2.05, 4.69) is 0 Å². The molecule has 4 heterocycles. The Balaban J connectivity index is 1.15. The van der Waals surface area contributed by atoms with Gasteiger partial charge in [0, 0.05) is 90.9 Å². The quantitative estimate of drug-likeness (QED) is 0.168. The highest BCUT2D eigenvalue weighted by Crippen LogP contribution is 2.45. The van der Waals surface area contributed by atoms with Crippen molar-refractivity contribution in [3.63, 3.8) is 0 Å². The van der Waals surface area contributed by atoms with Gasteiger partial charge in [0.2, 0.25) is 0 Å². The minimum atomic E-state index is -0.590. The van der Waals surface area contributed by atoms with Crippen molar-refractivity contribution < 1.29 is 23.6 Å². The number of benzene rings is 8. The minimum absolute atomic E-state index is 0.0216. The molecule has 5 nitrogen and oxygen atoms in total. The minimum Gasteiger partial charge on any atom is -0.456 e. The molecule has 0 aliphatic carbocycles. The summed E-state index contributed by atoms with van der Waals surface area (Å²) in [4.78, 5) is 16.0. The van der Waals surface area contributed by atoms with E-state index in [1.165, 1.54) is 4.90 Å². The van der Waals surface area contributed by atoms with Crippen LogP contribution in [0.15, 0.2) is 186 Å². The zero-order valence-corrected chi connectivity index (χ0v) is 31.4. The second-order valence-electron chi connectivity index (χ2n) is 13.3. The van der Waals surface area contributed by atoms with E-state index in [-0.39, 0.29) is 75.1 Å². The van der Waals surface area contributed by atoms with E-state index >= 15 is 0 Å². The molecule has 7 heteroatoms. The molecule has 0 fully saturated rings. The summed E-state index contributed by atoms with van der Waals surface area (Å²) in [5.41, 5.74) is 2.33. The summed E-state index contributed by atoms with van der Waals surface area (Å²) in [7, 11) is 0. The van der Waals surface area contributed by atoms with E-state index in [9.17, 15) is 8.22 Å². The first kappa shape index (κ1) is 21.9. The summed E-state index contributed by atoms with van der Waals surface area (Å²) in [6.07, 6.45) is 0. The number of fused-ring (bicyclic) bond motifs is 9. The third-order valence-corrected chi connectivity index (χ3v) is 11.9. The van der Waals surface area contributed by atoms with Crippen molar-refractivity contribution in [1.29, 1.82) is 0 Å². The highest BCUT2D eigenvalue weighted by Gasteiger charge is 2.21. The maximum atomic E-state index is 9.89. The van der Waals surface area contributed by atoms with Gasteiger partial charge in [0.25, 0.3) is 0 Å². The predicted molar refractivity (Wildman–Crippen MR) is 244 cm³/mol. The molecule has 8 aromatic carbocycles. The molecule has 0 aliphatic rings. The van der Waals surface area contributed by atoms with E-state index in [0.29, 0.717) is 39.4 Å². The fourth-order valence-electron chi connectivity index (χ4n) is 7.24. The normalized spacial score (nSPS) is 15.2. The molecule has 0 spiro atoms. The van der Waals surface area contributed by atoms with Crippen LogP contribution in [0.25, 0.3) is 96.4 Å². The van der Waals surface area contributed by atoms with Gasteiger partial charge in [-0.05, 0) is 60.5 Å². The van der Waals surface area contributed by atoms with Crippen molar-refractivity contribution in [3.05, 3.63) is 182 Å². The van der Waals surface area contributed by atoms with Gasteiger partial charge in [-0.2, -0.15) is 0 Å². The summed E-state index contributed by atoms with van der Waals surface area (Å²) in [5, 5.41) is 1.07.